The Morgan fingerprint density at radius 1 is 1.47 bits per heavy atom. The third kappa shape index (κ3) is 3.50. The number of nitrogens with zero attached hydrogens (tertiary/aromatic N) is 1. The van der Waals surface area contributed by atoms with Crippen LogP contribution in [-0.4, -0.2) is 23.3 Å². The minimum atomic E-state index is -4.61. The van der Waals surface area contributed by atoms with E-state index in [4.69, 9.17) is 16.8 Å². The molecule has 17 heavy (non-hydrogen) atoms. The Hall–Kier alpha value is -1.47. The second-order valence-corrected chi connectivity index (χ2v) is 3.55. The van der Waals surface area contributed by atoms with Crippen molar-refractivity contribution in [2.45, 2.75) is 6.18 Å². The predicted octanol–water partition coefficient (Wildman–Crippen LogP) is 3.21. The first-order valence-electron chi connectivity index (χ1n) is 4.32. The first-order chi connectivity index (χ1) is 7.71. The number of rotatable bonds is 1. The summed E-state index contributed by atoms with van der Waals surface area (Å²) in [6.45, 7) is 0. The van der Waals surface area contributed by atoms with Crippen LogP contribution in [0.2, 0.25) is 5.02 Å². The molecule has 0 heterocycles. The molecular formula is C9H8ClF3N2O2. The molecule has 0 bridgehead atoms. The second-order valence-electron chi connectivity index (χ2n) is 3.15. The predicted molar refractivity (Wildman–Crippen MR) is 55.0 cm³/mol. The van der Waals surface area contributed by atoms with Crippen molar-refractivity contribution in [2.24, 2.45) is 0 Å². The maximum Gasteiger partial charge on any atom is 0.417 e. The van der Waals surface area contributed by atoms with Gasteiger partial charge in [0.15, 0.2) is 0 Å². The van der Waals surface area contributed by atoms with Crippen LogP contribution in [0.4, 0.5) is 23.7 Å². The van der Waals surface area contributed by atoms with E-state index in [2.05, 4.69) is 5.32 Å². The third-order valence-corrected chi connectivity index (χ3v) is 2.15. The zero-order chi connectivity index (χ0) is 13.2. The summed E-state index contributed by atoms with van der Waals surface area (Å²) in [6.07, 6.45) is -4.61. The van der Waals surface area contributed by atoms with E-state index in [1.807, 2.05) is 0 Å². The lowest BCUT2D eigenvalue weighted by atomic mass is 10.2. The Labute approximate surface area is 99.5 Å². The van der Waals surface area contributed by atoms with Crippen LogP contribution in [0, 0.1) is 0 Å². The lowest BCUT2D eigenvalue weighted by molar-refractivity contribution is -0.137. The summed E-state index contributed by atoms with van der Waals surface area (Å²) in [6, 6.07) is 1.93. The molecule has 0 aliphatic rings. The molecule has 0 saturated carbocycles. The van der Waals surface area contributed by atoms with Gasteiger partial charge in [0.25, 0.3) is 0 Å². The van der Waals surface area contributed by atoms with Crippen LogP contribution < -0.4 is 5.32 Å². The average Bonchev–Trinajstić information content (AvgIpc) is 2.19. The number of amides is 2. The van der Waals surface area contributed by atoms with Gasteiger partial charge in [-0.25, -0.2) is 9.86 Å². The summed E-state index contributed by atoms with van der Waals surface area (Å²) < 4.78 is 37.4. The lowest BCUT2D eigenvalue weighted by Gasteiger charge is -2.13. The molecule has 0 aromatic heterocycles. The Morgan fingerprint density at radius 2 is 2.06 bits per heavy atom. The maximum absolute atomic E-state index is 12.5. The van der Waals surface area contributed by atoms with Crippen LogP contribution in [0.1, 0.15) is 5.56 Å². The van der Waals surface area contributed by atoms with Gasteiger partial charge in [-0.05, 0) is 18.2 Å². The van der Waals surface area contributed by atoms with Gasteiger partial charge in [0.05, 0.1) is 10.6 Å². The number of carbonyl (C=O) groups excluding carboxylic acids is 1. The number of halogens is 4. The molecule has 0 saturated heterocycles. The fourth-order valence-corrected chi connectivity index (χ4v) is 1.25. The van der Waals surface area contributed by atoms with Crippen LogP contribution in [0.15, 0.2) is 18.2 Å². The number of benzene rings is 1. The minimum absolute atomic E-state index is 0.118. The molecule has 1 rings (SSSR count). The highest BCUT2D eigenvalue weighted by atomic mass is 35.5. The largest absolute Gasteiger partial charge is 0.417 e. The maximum atomic E-state index is 12.5. The summed E-state index contributed by atoms with van der Waals surface area (Å²) in [7, 11) is 1.04. The van der Waals surface area contributed by atoms with Gasteiger partial charge in [-0.15, -0.1) is 0 Å². The average molecular weight is 269 g/mol. The second kappa shape index (κ2) is 4.80. The van der Waals surface area contributed by atoms with Crippen LogP contribution in [0.5, 0.6) is 0 Å². The van der Waals surface area contributed by atoms with Gasteiger partial charge in [0.1, 0.15) is 0 Å². The molecule has 0 spiro atoms. The van der Waals surface area contributed by atoms with Crippen molar-refractivity contribution in [1.29, 1.82) is 0 Å². The van der Waals surface area contributed by atoms with Gasteiger partial charge in [0, 0.05) is 12.7 Å². The van der Waals surface area contributed by atoms with Crippen molar-refractivity contribution in [3.05, 3.63) is 28.8 Å². The van der Waals surface area contributed by atoms with Crippen LogP contribution >= 0.6 is 11.6 Å². The standard InChI is InChI=1S/C9H8ClF3N2O2/c1-15(17)8(16)14-5-2-3-7(10)6(4-5)9(11,12)13/h2-4,17H,1H3,(H,14,16). The van der Waals surface area contributed by atoms with E-state index >= 15 is 0 Å². The van der Waals surface area contributed by atoms with Gasteiger partial charge in [-0.1, -0.05) is 11.6 Å². The topological polar surface area (TPSA) is 52.6 Å². The highest BCUT2D eigenvalue weighted by Crippen LogP contribution is 2.36. The van der Waals surface area contributed by atoms with Gasteiger partial charge in [-0.3, -0.25) is 5.21 Å². The smallest absolute Gasteiger partial charge is 0.306 e. The summed E-state index contributed by atoms with van der Waals surface area (Å²) in [4.78, 5) is 11.0. The molecule has 8 heteroatoms. The zero-order valence-electron chi connectivity index (χ0n) is 8.55. The summed E-state index contributed by atoms with van der Waals surface area (Å²) >= 11 is 5.39. The molecule has 1 aromatic rings. The Bertz CT molecular complexity index is 435. The van der Waals surface area contributed by atoms with Crippen molar-refractivity contribution in [2.75, 3.05) is 12.4 Å². The molecule has 0 radical (unpaired) electrons. The molecule has 94 valence electrons. The fourth-order valence-electron chi connectivity index (χ4n) is 1.02. The molecule has 4 nitrogen and oxygen atoms in total. The molecule has 0 fully saturated rings. The number of nitrogens with one attached hydrogen (secondary N) is 1. The number of carbonyl (C=O) groups is 1. The summed E-state index contributed by atoms with van der Waals surface area (Å²) in [5.74, 6) is 0. The van der Waals surface area contributed by atoms with E-state index < -0.39 is 22.8 Å². The third-order valence-electron chi connectivity index (χ3n) is 1.82. The van der Waals surface area contributed by atoms with E-state index in [1.165, 1.54) is 6.07 Å². The minimum Gasteiger partial charge on any atom is -0.306 e. The number of alkyl halides is 3. The van der Waals surface area contributed by atoms with Crippen LogP contribution in [-0.2, 0) is 6.18 Å². The molecule has 0 atom stereocenters. The highest BCUT2D eigenvalue weighted by molar-refractivity contribution is 6.31. The normalized spacial score (nSPS) is 11.2. The lowest BCUT2D eigenvalue weighted by Crippen LogP contribution is -2.28. The number of hydrogen-bond donors (Lipinski definition) is 2. The van der Waals surface area contributed by atoms with Crippen LogP contribution in [0.3, 0.4) is 0 Å². The molecule has 0 aliphatic carbocycles. The number of anilines is 1. The molecule has 1 aromatic carbocycles. The Balaban J connectivity index is 3.01. The van der Waals surface area contributed by atoms with Crippen molar-refractivity contribution in [3.63, 3.8) is 0 Å². The summed E-state index contributed by atoms with van der Waals surface area (Å²) in [5, 5.41) is 10.5. The number of hydrogen-bond acceptors (Lipinski definition) is 2. The van der Waals surface area contributed by atoms with E-state index in [9.17, 15) is 18.0 Å². The van der Waals surface area contributed by atoms with E-state index in [0.29, 0.717) is 6.07 Å². The van der Waals surface area contributed by atoms with Crippen molar-refractivity contribution < 1.29 is 23.2 Å². The van der Waals surface area contributed by atoms with Crippen molar-refractivity contribution in [3.8, 4) is 0 Å². The number of hydroxylamine groups is 2. The number of urea groups is 1. The SMILES string of the molecule is CN(O)C(=O)Nc1ccc(Cl)c(C(F)(F)F)c1. The van der Waals surface area contributed by atoms with Crippen molar-refractivity contribution in [1.82, 2.24) is 5.06 Å². The summed E-state index contributed by atoms with van der Waals surface area (Å²) in [5.41, 5.74) is -1.18. The van der Waals surface area contributed by atoms with Gasteiger partial charge in [0.2, 0.25) is 0 Å². The molecule has 0 aliphatic heterocycles. The van der Waals surface area contributed by atoms with E-state index in [-0.39, 0.29) is 10.8 Å². The Morgan fingerprint density at radius 3 is 2.53 bits per heavy atom. The van der Waals surface area contributed by atoms with Gasteiger partial charge in [-0.2, -0.15) is 13.2 Å². The molecular weight excluding hydrogens is 261 g/mol. The first kappa shape index (κ1) is 13.6. The zero-order valence-corrected chi connectivity index (χ0v) is 9.30. The highest BCUT2D eigenvalue weighted by Gasteiger charge is 2.33. The Kier molecular flexibility index (Phi) is 3.84. The van der Waals surface area contributed by atoms with Gasteiger partial charge < -0.3 is 5.32 Å². The molecule has 0 unspecified atom stereocenters. The van der Waals surface area contributed by atoms with E-state index in [0.717, 1.165) is 13.1 Å². The molecule has 2 amide bonds. The fraction of sp³-hybridized carbons (Fsp3) is 0.222. The monoisotopic (exact) mass is 268 g/mol. The van der Waals surface area contributed by atoms with Gasteiger partial charge >= 0.3 is 12.2 Å². The molecule has 2 N–H and O–H groups in total. The van der Waals surface area contributed by atoms with Crippen molar-refractivity contribution >= 4 is 23.3 Å². The quantitative estimate of drug-likeness (QED) is 0.607. The van der Waals surface area contributed by atoms with Crippen LogP contribution in [0.25, 0.3) is 0 Å². The van der Waals surface area contributed by atoms with E-state index in [1.54, 1.807) is 0 Å². The first-order valence-corrected chi connectivity index (χ1v) is 4.70.